The Morgan fingerprint density at radius 2 is 1.96 bits per heavy atom. The van der Waals surface area contributed by atoms with Crippen LogP contribution >= 0.6 is 15.9 Å². The summed E-state index contributed by atoms with van der Waals surface area (Å²) in [7, 11) is 2.04. The lowest BCUT2D eigenvalue weighted by molar-refractivity contribution is 0.0948. The Balaban J connectivity index is 1.72. The minimum atomic E-state index is -0.508. The fourth-order valence-corrected chi connectivity index (χ4v) is 2.65. The molecule has 2 rings (SSSR count). The predicted octanol–water partition coefficient (Wildman–Crippen LogP) is 3.84. The summed E-state index contributed by atoms with van der Waals surface area (Å²) in [6, 6.07) is 14.6. The van der Waals surface area contributed by atoms with Gasteiger partial charge in [-0.3, -0.25) is 4.79 Å². The second kappa shape index (κ2) is 8.79. The summed E-state index contributed by atoms with van der Waals surface area (Å²) in [4.78, 5) is 14.2. The normalized spacial score (nSPS) is 10.8. The summed E-state index contributed by atoms with van der Waals surface area (Å²) in [6.07, 6.45) is 0.810. The number of hydrogen-bond donors (Lipinski definition) is 1. The van der Waals surface area contributed by atoms with Gasteiger partial charge in [0.2, 0.25) is 0 Å². The lowest BCUT2D eigenvalue weighted by Gasteiger charge is -2.16. The zero-order valence-corrected chi connectivity index (χ0v) is 14.6. The number of benzene rings is 2. The zero-order valence-electron chi connectivity index (χ0n) is 13.1. The van der Waals surface area contributed by atoms with E-state index in [2.05, 4.69) is 38.3 Å². The first-order chi connectivity index (χ1) is 11.1. The highest BCUT2D eigenvalue weighted by Crippen LogP contribution is 2.15. The van der Waals surface area contributed by atoms with Crippen molar-refractivity contribution < 1.29 is 9.18 Å². The Labute approximate surface area is 144 Å². The predicted molar refractivity (Wildman–Crippen MR) is 93.8 cm³/mol. The number of nitrogens with one attached hydrogen (secondary N) is 1. The van der Waals surface area contributed by atoms with Crippen molar-refractivity contribution in [3.63, 3.8) is 0 Å². The summed E-state index contributed by atoms with van der Waals surface area (Å²) in [5.41, 5.74) is 1.33. The lowest BCUT2D eigenvalue weighted by atomic mass is 10.2. The van der Waals surface area contributed by atoms with Crippen LogP contribution in [0.4, 0.5) is 4.39 Å². The minimum absolute atomic E-state index is 0.0667. The van der Waals surface area contributed by atoms with Gasteiger partial charge in [-0.25, -0.2) is 4.39 Å². The standard InChI is InChI=1S/C18H20BrFN2O/c1-22(13-14-6-3-2-4-7-14)11-5-10-21-18(23)16-12-15(19)8-9-17(16)20/h2-4,6-9,12H,5,10-11,13H2,1H3,(H,21,23). The third-order valence-corrected chi connectivity index (χ3v) is 3.96. The number of amides is 1. The first kappa shape index (κ1) is 17.6. The van der Waals surface area contributed by atoms with Gasteiger partial charge in [0.1, 0.15) is 5.82 Å². The first-order valence-corrected chi connectivity index (χ1v) is 8.31. The average molecular weight is 379 g/mol. The minimum Gasteiger partial charge on any atom is -0.352 e. The van der Waals surface area contributed by atoms with E-state index >= 15 is 0 Å². The van der Waals surface area contributed by atoms with Gasteiger partial charge < -0.3 is 10.2 Å². The highest BCUT2D eigenvalue weighted by molar-refractivity contribution is 9.10. The van der Waals surface area contributed by atoms with Crippen LogP contribution in [-0.4, -0.2) is 30.9 Å². The molecule has 0 fully saturated rings. The van der Waals surface area contributed by atoms with Crippen molar-refractivity contribution in [3.8, 4) is 0 Å². The molecule has 0 heterocycles. The van der Waals surface area contributed by atoms with Crippen LogP contribution in [0.2, 0.25) is 0 Å². The van der Waals surface area contributed by atoms with E-state index in [0.717, 1.165) is 19.5 Å². The molecular formula is C18H20BrFN2O. The number of carbonyl (C=O) groups excluding carboxylic acids is 1. The molecule has 1 N–H and O–H groups in total. The molecule has 2 aromatic carbocycles. The molecule has 0 saturated carbocycles. The molecule has 3 nitrogen and oxygen atoms in total. The molecule has 23 heavy (non-hydrogen) atoms. The van der Waals surface area contributed by atoms with Crippen molar-refractivity contribution in [3.05, 3.63) is 69.9 Å². The van der Waals surface area contributed by atoms with E-state index < -0.39 is 5.82 Å². The topological polar surface area (TPSA) is 32.3 Å². The molecule has 0 aliphatic rings. The van der Waals surface area contributed by atoms with Crippen LogP contribution < -0.4 is 5.32 Å². The molecule has 0 bridgehead atoms. The van der Waals surface area contributed by atoms with Crippen LogP contribution in [0.25, 0.3) is 0 Å². The van der Waals surface area contributed by atoms with E-state index in [0.29, 0.717) is 11.0 Å². The third-order valence-electron chi connectivity index (χ3n) is 3.47. The Hall–Kier alpha value is -1.72. The van der Waals surface area contributed by atoms with E-state index in [-0.39, 0.29) is 11.5 Å². The van der Waals surface area contributed by atoms with Crippen molar-refractivity contribution in [1.82, 2.24) is 10.2 Å². The zero-order chi connectivity index (χ0) is 16.7. The van der Waals surface area contributed by atoms with Crippen LogP contribution in [0.3, 0.4) is 0 Å². The Bertz CT molecular complexity index is 649. The van der Waals surface area contributed by atoms with Gasteiger partial charge in [0.15, 0.2) is 0 Å². The average Bonchev–Trinajstić information content (AvgIpc) is 2.54. The third kappa shape index (κ3) is 5.77. The van der Waals surface area contributed by atoms with Gasteiger partial charge in [-0.05, 0) is 43.8 Å². The number of rotatable bonds is 7. The molecule has 0 aromatic heterocycles. The molecule has 0 radical (unpaired) electrons. The van der Waals surface area contributed by atoms with Crippen molar-refractivity contribution in [2.45, 2.75) is 13.0 Å². The van der Waals surface area contributed by atoms with Crippen LogP contribution in [0.1, 0.15) is 22.3 Å². The van der Waals surface area contributed by atoms with E-state index in [1.165, 1.54) is 17.7 Å². The highest BCUT2D eigenvalue weighted by atomic mass is 79.9. The molecule has 2 aromatic rings. The van der Waals surface area contributed by atoms with Crippen molar-refractivity contribution in [1.29, 1.82) is 0 Å². The van der Waals surface area contributed by atoms with Crippen molar-refractivity contribution in [2.75, 3.05) is 20.1 Å². The Kier molecular flexibility index (Phi) is 6.74. The fourth-order valence-electron chi connectivity index (χ4n) is 2.29. The van der Waals surface area contributed by atoms with E-state index in [1.54, 1.807) is 6.07 Å². The molecule has 122 valence electrons. The molecule has 0 spiro atoms. The second-order valence-corrected chi connectivity index (χ2v) is 6.37. The summed E-state index contributed by atoms with van der Waals surface area (Å²) < 4.78 is 14.3. The maximum absolute atomic E-state index is 13.6. The summed E-state index contributed by atoms with van der Waals surface area (Å²) >= 11 is 3.24. The van der Waals surface area contributed by atoms with E-state index in [4.69, 9.17) is 0 Å². The van der Waals surface area contributed by atoms with Gasteiger partial charge in [-0.1, -0.05) is 46.3 Å². The van der Waals surface area contributed by atoms with E-state index in [9.17, 15) is 9.18 Å². The second-order valence-electron chi connectivity index (χ2n) is 5.46. The van der Waals surface area contributed by atoms with E-state index in [1.807, 2.05) is 25.2 Å². The van der Waals surface area contributed by atoms with Crippen LogP contribution in [0.15, 0.2) is 53.0 Å². The number of hydrogen-bond acceptors (Lipinski definition) is 2. The quantitative estimate of drug-likeness (QED) is 0.742. The molecule has 5 heteroatoms. The summed E-state index contributed by atoms with van der Waals surface area (Å²) in [6.45, 7) is 2.25. The van der Waals surface area contributed by atoms with Crippen LogP contribution in [-0.2, 0) is 6.54 Å². The fraction of sp³-hybridized carbons (Fsp3) is 0.278. The largest absolute Gasteiger partial charge is 0.352 e. The number of halogens is 2. The van der Waals surface area contributed by atoms with Crippen molar-refractivity contribution in [2.24, 2.45) is 0 Å². The number of nitrogens with zero attached hydrogens (tertiary/aromatic N) is 1. The van der Waals surface area contributed by atoms with Crippen LogP contribution in [0, 0.1) is 5.82 Å². The maximum atomic E-state index is 13.6. The Morgan fingerprint density at radius 3 is 2.70 bits per heavy atom. The van der Waals surface area contributed by atoms with Gasteiger partial charge in [-0.2, -0.15) is 0 Å². The SMILES string of the molecule is CN(CCCNC(=O)c1cc(Br)ccc1F)Cc1ccccc1. The number of carbonyl (C=O) groups is 1. The lowest BCUT2D eigenvalue weighted by Crippen LogP contribution is -2.28. The molecule has 0 atom stereocenters. The molecular weight excluding hydrogens is 359 g/mol. The van der Waals surface area contributed by atoms with Crippen molar-refractivity contribution >= 4 is 21.8 Å². The Morgan fingerprint density at radius 1 is 1.22 bits per heavy atom. The van der Waals surface area contributed by atoms with Gasteiger partial charge in [-0.15, -0.1) is 0 Å². The summed E-state index contributed by atoms with van der Waals surface area (Å²) in [5.74, 6) is -0.888. The smallest absolute Gasteiger partial charge is 0.254 e. The van der Waals surface area contributed by atoms with Gasteiger partial charge in [0.25, 0.3) is 5.91 Å². The molecule has 1 amide bonds. The molecule has 0 unspecified atom stereocenters. The first-order valence-electron chi connectivity index (χ1n) is 7.52. The summed E-state index contributed by atoms with van der Waals surface area (Å²) in [5, 5.41) is 2.76. The maximum Gasteiger partial charge on any atom is 0.254 e. The molecule has 0 aliphatic carbocycles. The monoisotopic (exact) mass is 378 g/mol. The van der Waals surface area contributed by atoms with Gasteiger partial charge in [0, 0.05) is 17.6 Å². The van der Waals surface area contributed by atoms with Gasteiger partial charge in [0.05, 0.1) is 5.56 Å². The van der Waals surface area contributed by atoms with Gasteiger partial charge >= 0.3 is 0 Å². The van der Waals surface area contributed by atoms with Crippen LogP contribution in [0.5, 0.6) is 0 Å². The highest BCUT2D eigenvalue weighted by Gasteiger charge is 2.11. The molecule has 0 saturated heterocycles. The molecule has 0 aliphatic heterocycles.